The van der Waals surface area contributed by atoms with Gasteiger partial charge >= 0.3 is 0 Å². The first kappa shape index (κ1) is 31.9. The first-order chi connectivity index (χ1) is 23.1. The van der Waals surface area contributed by atoms with E-state index in [0.29, 0.717) is 58.3 Å². The number of likely N-dealkylation sites (tertiary alicyclic amines) is 1. The molecule has 0 atom stereocenters. The minimum absolute atomic E-state index is 0.0588. The standard InChI is InChI=1S/C36H35F2N7O2S/c1-4-29-34(27-9-10-28(32(38)22(27)3)36-41-33(30(16-39)48-36)23-5-7-24(37)8-6-23)45-17-25(15-21(2)35(45)40-29)43-13-11-42(12-14-43)20-31(47)44-18-26(46)19-44/h5-10,15,17,26,46H,4,11-14,18-20H2,1-3H3. The van der Waals surface area contributed by atoms with E-state index in [2.05, 4.69) is 37.5 Å². The molecule has 0 radical (unpaired) electrons. The molecule has 0 bridgehead atoms. The molecule has 246 valence electrons. The van der Waals surface area contributed by atoms with Crippen LogP contribution in [0.3, 0.4) is 0 Å². The normalized spacial score (nSPS) is 15.6. The van der Waals surface area contributed by atoms with E-state index in [1.165, 1.54) is 12.1 Å². The van der Waals surface area contributed by atoms with Gasteiger partial charge < -0.3 is 14.9 Å². The number of anilines is 1. The van der Waals surface area contributed by atoms with Crippen LogP contribution in [0.15, 0.2) is 48.7 Å². The summed E-state index contributed by atoms with van der Waals surface area (Å²) < 4.78 is 31.9. The first-order valence-electron chi connectivity index (χ1n) is 16.1. The number of carbonyl (C=O) groups excluding carboxylic acids is 1. The summed E-state index contributed by atoms with van der Waals surface area (Å²) in [5.74, 6) is -0.745. The smallest absolute Gasteiger partial charge is 0.236 e. The summed E-state index contributed by atoms with van der Waals surface area (Å²) in [6.07, 6.45) is 2.34. The Morgan fingerprint density at radius 1 is 1.04 bits per heavy atom. The van der Waals surface area contributed by atoms with Gasteiger partial charge in [-0.15, -0.1) is 11.3 Å². The highest BCUT2D eigenvalue weighted by Crippen LogP contribution is 2.39. The molecule has 0 saturated carbocycles. The number of amides is 1. The highest BCUT2D eigenvalue weighted by atomic mass is 32.1. The lowest BCUT2D eigenvalue weighted by Gasteiger charge is -2.39. The van der Waals surface area contributed by atoms with Gasteiger partial charge in [-0.1, -0.05) is 13.0 Å². The monoisotopic (exact) mass is 667 g/mol. The molecule has 5 aromatic rings. The van der Waals surface area contributed by atoms with E-state index in [1.807, 2.05) is 19.9 Å². The second-order valence-electron chi connectivity index (χ2n) is 12.5. The van der Waals surface area contributed by atoms with E-state index in [4.69, 9.17) is 4.98 Å². The molecule has 0 aliphatic carbocycles. The Morgan fingerprint density at radius 2 is 1.75 bits per heavy atom. The van der Waals surface area contributed by atoms with Crippen LogP contribution in [-0.4, -0.2) is 87.1 Å². The average molecular weight is 668 g/mol. The second-order valence-corrected chi connectivity index (χ2v) is 13.5. The lowest BCUT2D eigenvalue weighted by Crippen LogP contribution is -2.57. The van der Waals surface area contributed by atoms with Crippen LogP contribution in [0, 0.1) is 36.8 Å². The van der Waals surface area contributed by atoms with Gasteiger partial charge in [0.05, 0.1) is 35.4 Å². The van der Waals surface area contributed by atoms with Gasteiger partial charge in [0.2, 0.25) is 5.91 Å². The number of aliphatic hydroxyl groups excluding tert-OH is 1. The number of nitriles is 1. The number of carbonyl (C=O) groups is 1. The lowest BCUT2D eigenvalue weighted by molar-refractivity contribution is -0.142. The fourth-order valence-electron chi connectivity index (χ4n) is 6.58. The second kappa shape index (κ2) is 12.7. The van der Waals surface area contributed by atoms with Crippen LogP contribution < -0.4 is 4.90 Å². The molecule has 2 aliphatic rings. The third kappa shape index (κ3) is 5.72. The number of halogens is 2. The molecule has 9 nitrogen and oxygen atoms in total. The number of benzene rings is 2. The summed E-state index contributed by atoms with van der Waals surface area (Å²) in [5, 5.41) is 19.7. The van der Waals surface area contributed by atoms with Crippen LogP contribution >= 0.6 is 11.3 Å². The highest BCUT2D eigenvalue weighted by Gasteiger charge is 2.31. The number of aromatic nitrogens is 3. The van der Waals surface area contributed by atoms with Gasteiger partial charge in [0.25, 0.3) is 0 Å². The summed E-state index contributed by atoms with van der Waals surface area (Å²) in [5.41, 5.74) is 7.05. The fraction of sp³-hybridized carbons (Fsp3) is 0.333. The molecule has 2 fully saturated rings. The number of pyridine rings is 1. The lowest BCUT2D eigenvalue weighted by atomic mass is 9.99. The zero-order valence-electron chi connectivity index (χ0n) is 27.0. The Balaban J connectivity index is 1.19. The minimum Gasteiger partial charge on any atom is -0.389 e. The van der Waals surface area contributed by atoms with Crippen LogP contribution in [-0.2, 0) is 11.2 Å². The van der Waals surface area contributed by atoms with Gasteiger partial charge in [-0.25, -0.2) is 18.7 Å². The van der Waals surface area contributed by atoms with Crippen molar-refractivity contribution in [3.8, 4) is 39.2 Å². The number of rotatable bonds is 7. The number of piperazine rings is 1. The Morgan fingerprint density at radius 3 is 2.42 bits per heavy atom. The SMILES string of the molecule is CCc1nc2c(C)cc(N3CCN(CC(=O)N4CC(O)C4)CC3)cn2c1-c1ccc(-c2nc(-c3ccc(F)cc3)c(C#N)s2)c(F)c1C. The van der Waals surface area contributed by atoms with Crippen molar-refractivity contribution in [1.82, 2.24) is 24.2 Å². The molecular formula is C36H35F2N7O2S. The quantitative estimate of drug-likeness (QED) is 0.247. The van der Waals surface area contributed by atoms with Gasteiger partial charge in [-0.2, -0.15) is 5.26 Å². The number of aliphatic hydroxyl groups is 1. The Bertz CT molecular complexity index is 2070. The largest absolute Gasteiger partial charge is 0.389 e. The third-order valence-electron chi connectivity index (χ3n) is 9.33. The van der Waals surface area contributed by atoms with Gasteiger partial charge in [-0.05, 0) is 67.8 Å². The molecule has 12 heteroatoms. The molecule has 2 aliphatic heterocycles. The third-order valence-corrected chi connectivity index (χ3v) is 10.3. The molecule has 0 spiro atoms. The van der Waals surface area contributed by atoms with Crippen molar-refractivity contribution < 1.29 is 18.7 Å². The Labute approximate surface area is 281 Å². The van der Waals surface area contributed by atoms with Gasteiger partial charge in [0, 0.05) is 62.2 Å². The molecule has 0 unspecified atom stereocenters. The molecule has 7 rings (SSSR count). The Kier molecular flexibility index (Phi) is 8.45. The van der Waals surface area contributed by atoms with Crippen LogP contribution in [0.2, 0.25) is 0 Å². The molecular weight excluding hydrogens is 633 g/mol. The minimum atomic E-state index is -0.417. The van der Waals surface area contributed by atoms with E-state index in [-0.39, 0.29) is 11.7 Å². The molecule has 1 N–H and O–H groups in total. The van der Waals surface area contributed by atoms with Crippen LogP contribution in [0.5, 0.6) is 0 Å². The van der Waals surface area contributed by atoms with Crippen molar-refractivity contribution in [3.05, 3.63) is 82.0 Å². The van der Waals surface area contributed by atoms with Crippen LogP contribution in [0.25, 0.3) is 38.7 Å². The number of aryl methyl sites for hydroxylation is 2. The molecule has 2 saturated heterocycles. The maximum absolute atomic E-state index is 16.3. The van der Waals surface area contributed by atoms with E-state index in [1.54, 1.807) is 30.0 Å². The van der Waals surface area contributed by atoms with E-state index in [9.17, 15) is 19.6 Å². The van der Waals surface area contributed by atoms with Gasteiger partial charge in [0.1, 0.15) is 33.2 Å². The van der Waals surface area contributed by atoms with Crippen molar-refractivity contribution in [2.45, 2.75) is 33.3 Å². The van der Waals surface area contributed by atoms with Crippen molar-refractivity contribution in [3.63, 3.8) is 0 Å². The van der Waals surface area contributed by atoms with Crippen molar-refractivity contribution in [2.24, 2.45) is 0 Å². The van der Waals surface area contributed by atoms with E-state index < -0.39 is 11.9 Å². The zero-order valence-corrected chi connectivity index (χ0v) is 27.8. The Hall–Kier alpha value is -4.70. The van der Waals surface area contributed by atoms with Crippen molar-refractivity contribution >= 4 is 28.6 Å². The molecule has 48 heavy (non-hydrogen) atoms. The maximum atomic E-state index is 16.3. The maximum Gasteiger partial charge on any atom is 0.236 e. The van der Waals surface area contributed by atoms with Gasteiger partial charge in [0.15, 0.2) is 0 Å². The number of hydrogen-bond acceptors (Lipinski definition) is 8. The summed E-state index contributed by atoms with van der Waals surface area (Å²) in [4.78, 5) is 28.6. The summed E-state index contributed by atoms with van der Waals surface area (Å²) in [6, 6.07) is 13.7. The van der Waals surface area contributed by atoms with Crippen LogP contribution in [0.1, 0.15) is 28.6 Å². The van der Waals surface area contributed by atoms with E-state index in [0.717, 1.165) is 71.4 Å². The first-order valence-corrected chi connectivity index (χ1v) is 16.9. The molecule has 3 aromatic heterocycles. The fourth-order valence-corrected chi connectivity index (χ4v) is 7.48. The molecule has 5 heterocycles. The number of fused-ring (bicyclic) bond motifs is 1. The van der Waals surface area contributed by atoms with Crippen LogP contribution in [0.4, 0.5) is 14.5 Å². The highest BCUT2D eigenvalue weighted by molar-refractivity contribution is 7.16. The van der Waals surface area contributed by atoms with Crippen molar-refractivity contribution in [2.75, 3.05) is 50.7 Å². The summed E-state index contributed by atoms with van der Waals surface area (Å²) in [7, 11) is 0. The number of thiazole rings is 1. The number of hydrogen-bond donors (Lipinski definition) is 1. The van der Waals surface area contributed by atoms with Crippen molar-refractivity contribution in [1.29, 1.82) is 5.26 Å². The topological polar surface area (TPSA) is 101 Å². The zero-order chi connectivity index (χ0) is 33.7. The van der Waals surface area contributed by atoms with E-state index >= 15 is 4.39 Å². The average Bonchev–Trinajstić information content (AvgIpc) is 3.67. The number of nitrogens with zero attached hydrogens (tertiary/aromatic N) is 7. The van der Waals surface area contributed by atoms with Gasteiger partial charge in [-0.3, -0.25) is 14.1 Å². The molecule has 2 aromatic carbocycles. The number of imidazole rings is 1. The summed E-state index contributed by atoms with van der Waals surface area (Å²) >= 11 is 1.11. The predicted octanol–water partition coefficient (Wildman–Crippen LogP) is 5.45. The molecule has 1 amide bonds. The predicted molar refractivity (Wildman–Crippen MR) is 182 cm³/mol. The number of β-amino-alcohol motifs (C(OH)–C–C–N with tert-alkyl or cyclic N) is 1. The summed E-state index contributed by atoms with van der Waals surface area (Å²) in [6.45, 7) is 10.0.